The predicted octanol–water partition coefficient (Wildman–Crippen LogP) is 0.297. The fraction of sp³-hybridized carbons (Fsp3) is 0.222. The summed E-state index contributed by atoms with van der Waals surface area (Å²) in [5.74, 6) is -1.23. The number of nitrogens with two attached hydrogens (primary N) is 1. The monoisotopic (exact) mass is 193 g/mol. The molecule has 0 saturated carbocycles. The first-order valence-electron chi connectivity index (χ1n) is 3.91. The summed E-state index contributed by atoms with van der Waals surface area (Å²) in [4.78, 5) is 11.2. The van der Waals surface area contributed by atoms with Gasteiger partial charge in [0.25, 0.3) is 0 Å². The summed E-state index contributed by atoms with van der Waals surface area (Å²) in [5.41, 5.74) is 5.72. The lowest BCUT2D eigenvalue weighted by Gasteiger charge is -2.09. The van der Waals surface area contributed by atoms with Gasteiger partial charge in [-0.2, -0.15) is 0 Å². The van der Waals surface area contributed by atoms with Gasteiger partial charge in [-0.15, -0.1) is 0 Å². The van der Waals surface area contributed by atoms with Gasteiger partial charge in [0.2, 0.25) is 0 Å². The number of esters is 1. The molecule has 14 heavy (non-hydrogen) atoms. The maximum absolute atomic E-state index is 13.2. The van der Waals surface area contributed by atoms with Crippen molar-refractivity contribution >= 4 is 25.0 Å². The van der Waals surface area contributed by atoms with Gasteiger partial charge >= 0.3 is 5.97 Å². The number of ether oxygens (including phenoxy) is 1. The van der Waals surface area contributed by atoms with Crippen molar-refractivity contribution in [3.63, 3.8) is 0 Å². The standard InChI is InChI=1S/C9H9BFNO2/c1-4-7(11)6(10)3-5(8(4)12)9(13)14-2/h3H,12H2,1-2H3. The van der Waals surface area contributed by atoms with Crippen LogP contribution in [0.25, 0.3) is 0 Å². The van der Waals surface area contributed by atoms with Crippen LogP contribution in [0.1, 0.15) is 15.9 Å². The molecule has 1 rings (SSSR count). The highest BCUT2D eigenvalue weighted by Gasteiger charge is 2.15. The van der Waals surface area contributed by atoms with Crippen molar-refractivity contribution in [2.75, 3.05) is 12.8 Å². The van der Waals surface area contributed by atoms with Gasteiger partial charge < -0.3 is 10.5 Å². The Hall–Kier alpha value is -1.52. The number of nitrogen functional groups attached to an aromatic ring is 1. The molecule has 0 aliphatic carbocycles. The van der Waals surface area contributed by atoms with Crippen molar-refractivity contribution < 1.29 is 13.9 Å². The number of hydrogen-bond acceptors (Lipinski definition) is 3. The first-order chi connectivity index (χ1) is 6.49. The lowest BCUT2D eigenvalue weighted by atomic mass is 9.90. The summed E-state index contributed by atoms with van der Waals surface area (Å²) in [6.07, 6.45) is 0. The molecule has 1 aromatic carbocycles. The Morgan fingerprint density at radius 3 is 2.71 bits per heavy atom. The van der Waals surface area contributed by atoms with Crippen LogP contribution in [0.15, 0.2) is 6.07 Å². The zero-order valence-electron chi connectivity index (χ0n) is 7.93. The molecule has 0 spiro atoms. The molecule has 0 fully saturated rings. The summed E-state index contributed by atoms with van der Waals surface area (Å²) in [6.45, 7) is 1.45. The minimum absolute atomic E-state index is 0.0588. The Morgan fingerprint density at radius 1 is 1.64 bits per heavy atom. The smallest absolute Gasteiger partial charge is 0.339 e. The number of methoxy groups -OCH3 is 1. The molecule has 0 aliphatic rings. The molecular formula is C9H9BFNO2. The SMILES string of the molecule is [B]c1cc(C(=O)OC)c(N)c(C)c1F. The van der Waals surface area contributed by atoms with E-state index in [9.17, 15) is 9.18 Å². The summed E-state index contributed by atoms with van der Waals surface area (Å²) in [6, 6.07) is 1.17. The molecule has 0 saturated heterocycles. The molecule has 5 heteroatoms. The van der Waals surface area contributed by atoms with E-state index in [1.165, 1.54) is 20.1 Å². The minimum atomic E-state index is -0.627. The third-order valence-corrected chi connectivity index (χ3v) is 1.98. The maximum Gasteiger partial charge on any atom is 0.339 e. The highest BCUT2D eigenvalue weighted by atomic mass is 19.1. The molecule has 0 bridgehead atoms. The van der Waals surface area contributed by atoms with Crippen LogP contribution in [0.2, 0.25) is 0 Å². The van der Waals surface area contributed by atoms with E-state index in [1.54, 1.807) is 0 Å². The van der Waals surface area contributed by atoms with E-state index in [2.05, 4.69) is 4.74 Å². The number of carbonyl (C=O) groups excluding carboxylic acids is 1. The van der Waals surface area contributed by atoms with Crippen LogP contribution in [0, 0.1) is 12.7 Å². The average Bonchev–Trinajstić information content (AvgIpc) is 2.19. The Balaban J connectivity index is 3.40. The second-order valence-electron chi connectivity index (χ2n) is 2.86. The van der Waals surface area contributed by atoms with Gasteiger partial charge in [0, 0.05) is 5.56 Å². The van der Waals surface area contributed by atoms with E-state index in [0.29, 0.717) is 0 Å². The van der Waals surface area contributed by atoms with Gasteiger partial charge in [-0.25, -0.2) is 9.18 Å². The number of benzene rings is 1. The van der Waals surface area contributed by atoms with Crippen LogP contribution in [0.3, 0.4) is 0 Å². The van der Waals surface area contributed by atoms with Crippen molar-refractivity contribution in [3.8, 4) is 0 Å². The third kappa shape index (κ3) is 1.57. The average molecular weight is 193 g/mol. The Bertz CT molecular complexity index is 393. The lowest BCUT2D eigenvalue weighted by Crippen LogP contribution is -2.17. The van der Waals surface area contributed by atoms with Crippen LogP contribution in [0.5, 0.6) is 0 Å². The van der Waals surface area contributed by atoms with Gasteiger partial charge in [0.1, 0.15) is 13.7 Å². The van der Waals surface area contributed by atoms with Crippen molar-refractivity contribution in [1.82, 2.24) is 0 Å². The quantitative estimate of drug-likeness (QED) is 0.396. The van der Waals surface area contributed by atoms with Crippen molar-refractivity contribution in [2.24, 2.45) is 0 Å². The second kappa shape index (κ2) is 3.70. The van der Waals surface area contributed by atoms with Crippen molar-refractivity contribution in [3.05, 3.63) is 23.0 Å². The molecule has 72 valence electrons. The van der Waals surface area contributed by atoms with Gasteiger partial charge in [-0.3, -0.25) is 0 Å². The van der Waals surface area contributed by atoms with E-state index in [1.807, 2.05) is 0 Å². The summed E-state index contributed by atoms with van der Waals surface area (Å²) in [7, 11) is 6.56. The van der Waals surface area contributed by atoms with E-state index >= 15 is 0 Å². The van der Waals surface area contributed by atoms with Crippen molar-refractivity contribution in [1.29, 1.82) is 0 Å². The van der Waals surface area contributed by atoms with E-state index in [0.717, 1.165) is 0 Å². The molecule has 2 radical (unpaired) electrons. The number of halogens is 1. The zero-order valence-corrected chi connectivity index (χ0v) is 7.93. The molecular weight excluding hydrogens is 184 g/mol. The maximum atomic E-state index is 13.2. The molecule has 0 amide bonds. The van der Waals surface area contributed by atoms with Gasteiger partial charge in [-0.05, 0) is 13.0 Å². The number of rotatable bonds is 1. The van der Waals surface area contributed by atoms with Crippen molar-refractivity contribution in [2.45, 2.75) is 6.92 Å². The molecule has 0 aliphatic heterocycles. The molecule has 2 N–H and O–H groups in total. The fourth-order valence-corrected chi connectivity index (χ4v) is 1.11. The normalized spacial score (nSPS) is 9.93. The predicted molar refractivity (Wildman–Crippen MR) is 52.3 cm³/mol. The first-order valence-corrected chi connectivity index (χ1v) is 3.91. The van der Waals surface area contributed by atoms with Crippen LogP contribution >= 0.6 is 0 Å². The molecule has 1 aromatic rings. The van der Waals surface area contributed by atoms with Crippen LogP contribution in [-0.2, 0) is 4.74 Å². The summed E-state index contributed by atoms with van der Waals surface area (Å²) >= 11 is 0. The number of anilines is 1. The van der Waals surface area contributed by atoms with E-state index < -0.39 is 11.8 Å². The fourth-order valence-electron chi connectivity index (χ4n) is 1.11. The minimum Gasteiger partial charge on any atom is -0.465 e. The van der Waals surface area contributed by atoms with Gasteiger partial charge in [0.05, 0.1) is 18.4 Å². The summed E-state index contributed by atoms with van der Waals surface area (Å²) in [5, 5.41) is 0. The topological polar surface area (TPSA) is 52.3 Å². The number of hydrogen-bond donors (Lipinski definition) is 1. The highest BCUT2D eigenvalue weighted by molar-refractivity contribution is 6.33. The molecule has 3 nitrogen and oxygen atoms in total. The number of carbonyl (C=O) groups is 1. The van der Waals surface area contributed by atoms with Crippen LogP contribution in [-0.4, -0.2) is 20.9 Å². The first kappa shape index (κ1) is 10.6. The third-order valence-electron chi connectivity index (χ3n) is 1.98. The van der Waals surface area contributed by atoms with Gasteiger partial charge in [-0.1, -0.05) is 5.46 Å². The Labute approximate surface area is 82.5 Å². The molecule has 0 unspecified atom stereocenters. The van der Waals surface area contributed by atoms with E-state index in [4.69, 9.17) is 13.6 Å². The summed E-state index contributed by atoms with van der Waals surface area (Å²) < 4.78 is 17.7. The molecule has 0 atom stereocenters. The van der Waals surface area contributed by atoms with Crippen LogP contribution in [0.4, 0.5) is 10.1 Å². The largest absolute Gasteiger partial charge is 0.465 e. The van der Waals surface area contributed by atoms with Gasteiger partial charge in [0.15, 0.2) is 0 Å². The Morgan fingerprint density at radius 2 is 2.21 bits per heavy atom. The second-order valence-corrected chi connectivity index (χ2v) is 2.86. The van der Waals surface area contributed by atoms with Crippen LogP contribution < -0.4 is 11.2 Å². The Kier molecular flexibility index (Phi) is 2.79. The zero-order chi connectivity index (χ0) is 10.9. The van der Waals surface area contributed by atoms with E-state index in [-0.39, 0.29) is 22.3 Å². The highest BCUT2D eigenvalue weighted by Crippen LogP contribution is 2.18. The molecule has 0 heterocycles. The molecule has 0 aromatic heterocycles. The lowest BCUT2D eigenvalue weighted by molar-refractivity contribution is 0.0602.